The summed E-state index contributed by atoms with van der Waals surface area (Å²) in [6.45, 7) is 0. The highest BCUT2D eigenvalue weighted by molar-refractivity contribution is 5.44. The minimum atomic E-state index is -0.00676. The average Bonchev–Trinajstić information content (AvgIpc) is 2.81. The van der Waals surface area contributed by atoms with Crippen LogP contribution >= 0.6 is 0 Å². The summed E-state index contributed by atoms with van der Waals surface area (Å²) in [6.07, 6.45) is 7.80. The van der Waals surface area contributed by atoms with Gasteiger partial charge in [-0.3, -0.25) is 0 Å². The third kappa shape index (κ3) is 1.25. The van der Waals surface area contributed by atoms with Crippen LogP contribution in [-0.2, 0) is 5.41 Å². The van der Waals surface area contributed by atoms with E-state index in [1.165, 1.54) is 44.1 Å². The van der Waals surface area contributed by atoms with Gasteiger partial charge in [0.05, 0.1) is 0 Å². The lowest BCUT2D eigenvalue weighted by molar-refractivity contribution is 0.362. The number of hydrogen-bond donors (Lipinski definition) is 2. The van der Waals surface area contributed by atoms with E-state index in [1.54, 1.807) is 12.1 Å². The fraction of sp³-hybridized carbons (Fsp3) is 0.571. The number of rotatable bonds is 1. The lowest BCUT2D eigenvalue weighted by Crippen LogP contribution is -2.24. The maximum absolute atomic E-state index is 9.63. The Hall–Kier alpha value is -1.18. The van der Waals surface area contributed by atoms with Crippen molar-refractivity contribution < 1.29 is 10.2 Å². The maximum Gasteiger partial charge on any atom is 0.157 e. The molecule has 86 valence electrons. The number of benzene rings is 1. The second kappa shape index (κ2) is 3.41. The molecule has 1 aromatic rings. The molecular weight excluding hydrogens is 200 g/mol. The quantitative estimate of drug-likeness (QED) is 0.710. The molecule has 2 aliphatic rings. The van der Waals surface area contributed by atoms with Crippen molar-refractivity contribution in [2.24, 2.45) is 5.92 Å². The highest BCUT2D eigenvalue weighted by atomic mass is 16.3. The van der Waals surface area contributed by atoms with E-state index in [0.717, 1.165) is 5.92 Å². The van der Waals surface area contributed by atoms with Crippen LogP contribution in [0.3, 0.4) is 0 Å². The molecule has 0 radical (unpaired) electrons. The predicted molar refractivity (Wildman–Crippen MR) is 62.6 cm³/mol. The second-order valence-corrected chi connectivity index (χ2v) is 5.34. The summed E-state index contributed by atoms with van der Waals surface area (Å²) in [5.41, 5.74) is 1.55. The second-order valence-electron chi connectivity index (χ2n) is 5.34. The van der Waals surface area contributed by atoms with Crippen LogP contribution in [0.4, 0.5) is 0 Å². The van der Waals surface area contributed by atoms with Crippen LogP contribution in [0, 0.1) is 5.92 Å². The highest BCUT2D eigenvalue weighted by Crippen LogP contribution is 2.56. The molecule has 0 atom stereocenters. The van der Waals surface area contributed by atoms with Gasteiger partial charge in [0, 0.05) is 0 Å². The fourth-order valence-corrected chi connectivity index (χ4v) is 3.92. The van der Waals surface area contributed by atoms with Crippen LogP contribution < -0.4 is 0 Å². The summed E-state index contributed by atoms with van der Waals surface area (Å²) in [4.78, 5) is 0. The van der Waals surface area contributed by atoms with Crippen LogP contribution in [0.15, 0.2) is 18.2 Å². The lowest BCUT2D eigenvalue weighted by Gasteiger charge is -2.30. The first-order valence-electron chi connectivity index (χ1n) is 6.25. The molecule has 0 saturated heterocycles. The minimum Gasteiger partial charge on any atom is -0.504 e. The van der Waals surface area contributed by atoms with Gasteiger partial charge in [-0.25, -0.2) is 0 Å². The summed E-state index contributed by atoms with van der Waals surface area (Å²) in [6, 6.07) is 5.41. The number of fused-ring (bicyclic) bond motifs is 1. The zero-order valence-electron chi connectivity index (χ0n) is 9.45. The van der Waals surface area contributed by atoms with E-state index in [0.29, 0.717) is 5.41 Å². The van der Waals surface area contributed by atoms with Crippen LogP contribution in [0.1, 0.15) is 44.1 Å². The Bertz CT molecular complexity index is 401. The predicted octanol–water partition coefficient (Wildman–Crippen LogP) is 3.32. The molecule has 0 aliphatic heterocycles. The number of aromatic hydroxyl groups is 2. The van der Waals surface area contributed by atoms with Gasteiger partial charge in [-0.2, -0.15) is 0 Å². The van der Waals surface area contributed by atoms with Gasteiger partial charge in [0.15, 0.2) is 11.5 Å². The molecule has 0 heterocycles. The zero-order chi connectivity index (χ0) is 11.2. The lowest BCUT2D eigenvalue weighted by atomic mass is 9.74. The fourth-order valence-electron chi connectivity index (χ4n) is 3.92. The molecule has 3 rings (SSSR count). The van der Waals surface area contributed by atoms with E-state index in [9.17, 15) is 10.2 Å². The molecule has 2 heteroatoms. The van der Waals surface area contributed by atoms with Gasteiger partial charge >= 0.3 is 0 Å². The number of phenols is 2. The molecule has 0 amide bonds. The number of hydrogen-bond acceptors (Lipinski definition) is 2. The largest absolute Gasteiger partial charge is 0.504 e. The Morgan fingerprint density at radius 2 is 1.69 bits per heavy atom. The SMILES string of the molecule is Oc1ccc(C23CCCC2CCC3)cc1O. The standard InChI is InChI=1S/C14H18O2/c15-12-6-5-11(9-13(12)16)14-7-1-3-10(14)4-2-8-14/h5-6,9-10,15-16H,1-4,7-8H2. The summed E-state index contributed by atoms with van der Waals surface area (Å²) in [7, 11) is 0. The van der Waals surface area contributed by atoms with Crippen LogP contribution in [0.25, 0.3) is 0 Å². The molecular formula is C14H18O2. The van der Waals surface area contributed by atoms with E-state index >= 15 is 0 Å². The monoisotopic (exact) mass is 218 g/mol. The topological polar surface area (TPSA) is 40.5 Å². The van der Waals surface area contributed by atoms with Crippen molar-refractivity contribution in [2.45, 2.75) is 43.9 Å². The van der Waals surface area contributed by atoms with Gasteiger partial charge in [-0.05, 0) is 54.7 Å². The summed E-state index contributed by atoms with van der Waals surface area (Å²) in [5, 5.41) is 19.0. The van der Waals surface area contributed by atoms with Gasteiger partial charge < -0.3 is 10.2 Å². The normalized spacial score (nSPS) is 32.9. The van der Waals surface area contributed by atoms with Crippen molar-refractivity contribution in [2.75, 3.05) is 0 Å². The van der Waals surface area contributed by atoms with Gasteiger partial charge in [-0.15, -0.1) is 0 Å². The van der Waals surface area contributed by atoms with Crippen LogP contribution in [0.2, 0.25) is 0 Å². The molecule has 2 fully saturated rings. The Balaban J connectivity index is 2.04. The Kier molecular flexibility index (Phi) is 2.13. The summed E-state index contributed by atoms with van der Waals surface area (Å²) < 4.78 is 0. The van der Waals surface area contributed by atoms with Crippen molar-refractivity contribution in [3.63, 3.8) is 0 Å². The van der Waals surface area contributed by atoms with Gasteiger partial charge in [-0.1, -0.05) is 18.9 Å². The number of phenolic OH excluding ortho intramolecular Hbond substituents is 2. The van der Waals surface area contributed by atoms with Gasteiger partial charge in [0.1, 0.15) is 0 Å². The van der Waals surface area contributed by atoms with Crippen LogP contribution in [0.5, 0.6) is 11.5 Å². The van der Waals surface area contributed by atoms with Crippen molar-refractivity contribution in [3.8, 4) is 11.5 Å². The summed E-state index contributed by atoms with van der Waals surface area (Å²) in [5.74, 6) is 0.827. The highest BCUT2D eigenvalue weighted by Gasteiger charge is 2.47. The maximum atomic E-state index is 9.63. The molecule has 0 bridgehead atoms. The molecule has 2 nitrogen and oxygen atoms in total. The average molecular weight is 218 g/mol. The van der Waals surface area contributed by atoms with E-state index in [1.807, 2.05) is 6.07 Å². The van der Waals surface area contributed by atoms with Crippen molar-refractivity contribution >= 4 is 0 Å². The molecule has 1 aromatic carbocycles. The van der Waals surface area contributed by atoms with Crippen LogP contribution in [-0.4, -0.2) is 10.2 Å². The van der Waals surface area contributed by atoms with E-state index in [4.69, 9.17) is 0 Å². The Morgan fingerprint density at radius 3 is 2.31 bits per heavy atom. The Morgan fingerprint density at radius 1 is 1.00 bits per heavy atom. The van der Waals surface area contributed by atoms with E-state index in [2.05, 4.69) is 0 Å². The third-order valence-corrected chi connectivity index (χ3v) is 4.68. The molecule has 0 spiro atoms. The summed E-state index contributed by atoms with van der Waals surface area (Å²) >= 11 is 0. The molecule has 2 aliphatic carbocycles. The Labute approximate surface area is 95.9 Å². The third-order valence-electron chi connectivity index (χ3n) is 4.68. The molecule has 0 unspecified atom stereocenters. The van der Waals surface area contributed by atoms with Crippen molar-refractivity contribution in [1.82, 2.24) is 0 Å². The first-order chi connectivity index (χ1) is 7.72. The molecule has 2 saturated carbocycles. The van der Waals surface area contributed by atoms with Crippen molar-refractivity contribution in [3.05, 3.63) is 23.8 Å². The van der Waals surface area contributed by atoms with Gasteiger partial charge in [0.25, 0.3) is 0 Å². The first kappa shape index (κ1) is 10.0. The minimum absolute atomic E-state index is 0.00676. The molecule has 16 heavy (non-hydrogen) atoms. The van der Waals surface area contributed by atoms with E-state index < -0.39 is 0 Å². The zero-order valence-corrected chi connectivity index (χ0v) is 9.45. The van der Waals surface area contributed by atoms with Crippen molar-refractivity contribution in [1.29, 1.82) is 0 Å². The first-order valence-corrected chi connectivity index (χ1v) is 6.25. The molecule has 0 aromatic heterocycles. The van der Waals surface area contributed by atoms with Gasteiger partial charge in [0.2, 0.25) is 0 Å². The molecule has 2 N–H and O–H groups in total. The smallest absolute Gasteiger partial charge is 0.157 e. The van der Waals surface area contributed by atoms with E-state index in [-0.39, 0.29) is 11.5 Å².